The summed E-state index contributed by atoms with van der Waals surface area (Å²) < 4.78 is 24.8. The zero-order valence-corrected chi connectivity index (χ0v) is 16.2. The van der Waals surface area contributed by atoms with E-state index in [1.165, 1.54) is 13.2 Å². The van der Waals surface area contributed by atoms with Crippen molar-refractivity contribution in [3.63, 3.8) is 0 Å². The highest BCUT2D eigenvalue weighted by Crippen LogP contribution is 2.29. The van der Waals surface area contributed by atoms with E-state index in [1.54, 1.807) is 42.6 Å². The number of nitrogens with one attached hydrogen (secondary N) is 2. The molecule has 0 aromatic heterocycles. The van der Waals surface area contributed by atoms with Crippen LogP contribution in [0.2, 0.25) is 5.02 Å². The van der Waals surface area contributed by atoms with Crippen molar-refractivity contribution in [3.05, 3.63) is 71.0 Å². The Morgan fingerprint density at radius 3 is 2.85 bits per heavy atom. The van der Waals surface area contributed by atoms with Crippen LogP contribution in [0.4, 0.5) is 4.39 Å². The molecule has 142 valence electrons. The molecule has 27 heavy (non-hydrogen) atoms. The molecular weight excluding hydrogens is 389 g/mol. The Morgan fingerprint density at radius 2 is 2.15 bits per heavy atom. The van der Waals surface area contributed by atoms with Gasteiger partial charge < -0.3 is 14.8 Å². The number of halogens is 2. The molecule has 2 N–H and O–H groups in total. The Morgan fingerprint density at radius 1 is 1.33 bits per heavy atom. The molecule has 2 rings (SSSR count). The van der Waals surface area contributed by atoms with Gasteiger partial charge in [-0.3, -0.25) is 5.43 Å². The third-order valence-corrected chi connectivity index (χ3v) is 4.00. The van der Waals surface area contributed by atoms with Gasteiger partial charge in [0.15, 0.2) is 16.6 Å². The molecule has 0 atom stereocenters. The highest BCUT2D eigenvalue weighted by molar-refractivity contribution is 7.80. The second kappa shape index (κ2) is 10.5. The van der Waals surface area contributed by atoms with Crippen molar-refractivity contribution >= 4 is 35.1 Å². The summed E-state index contributed by atoms with van der Waals surface area (Å²) in [7, 11) is 1.52. The first-order valence-corrected chi connectivity index (χ1v) is 8.75. The van der Waals surface area contributed by atoms with Crippen molar-refractivity contribution in [3.8, 4) is 11.5 Å². The largest absolute Gasteiger partial charge is 0.493 e. The first-order valence-electron chi connectivity index (χ1n) is 7.96. The molecule has 0 saturated carbocycles. The number of rotatable bonds is 8. The van der Waals surface area contributed by atoms with Gasteiger partial charge >= 0.3 is 0 Å². The fraction of sp³-hybridized carbons (Fsp3) is 0.158. The highest BCUT2D eigenvalue weighted by atomic mass is 35.5. The van der Waals surface area contributed by atoms with Crippen LogP contribution >= 0.6 is 23.8 Å². The van der Waals surface area contributed by atoms with Gasteiger partial charge in [0.25, 0.3) is 0 Å². The van der Waals surface area contributed by atoms with Crippen molar-refractivity contribution in [1.29, 1.82) is 0 Å². The van der Waals surface area contributed by atoms with Gasteiger partial charge in [-0.15, -0.1) is 6.58 Å². The van der Waals surface area contributed by atoms with Crippen molar-refractivity contribution in [2.24, 2.45) is 5.10 Å². The fourth-order valence-corrected chi connectivity index (χ4v) is 2.43. The molecule has 5 nitrogen and oxygen atoms in total. The molecule has 2 aromatic carbocycles. The number of nitrogens with zero attached hydrogens (tertiary/aromatic N) is 1. The van der Waals surface area contributed by atoms with Crippen molar-refractivity contribution in [2.45, 2.75) is 6.61 Å². The van der Waals surface area contributed by atoms with Crippen molar-refractivity contribution < 1.29 is 13.9 Å². The van der Waals surface area contributed by atoms with Crippen LogP contribution in [-0.4, -0.2) is 25.0 Å². The number of hydrogen-bond acceptors (Lipinski definition) is 4. The van der Waals surface area contributed by atoms with E-state index in [2.05, 4.69) is 22.4 Å². The lowest BCUT2D eigenvalue weighted by atomic mass is 10.2. The lowest BCUT2D eigenvalue weighted by molar-refractivity contribution is 0.280. The quantitative estimate of drug-likeness (QED) is 0.299. The van der Waals surface area contributed by atoms with E-state index in [-0.39, 0.29) is 12.2 Å². The summed E-state index contributed by atoms with van der Waals surface area (Å²) in [5, 5.41) is 7.63. The second-order valence-electron chi connectivity index (χ2n) is 5.27. The molecule has 0 spiro atoms. The molecule has 0 bridgehead atoms. The second-order valence-corrected chi connectivity index (χ2v) is 6.08. The van der Waals surface area contributed by atoms with Crippen LogP contribution < -0.4 is 20.2 Å². The topological polar surface area (TPSA) is 54.9 Å². The SMILES string of the molecule is C=CCNC(=S)N/N=C\c1ccc(OCc2c(F)cccc2Cl)c(OC)c1. The Balaban J connectivity index is 2.03. The highest BCUT2D eigenvalue weighted by Gasteiger charge is 2.10. The third kappa shape index (κ3) is 6.23. The third-order valence-electron chi connectivity index (χ3n) is 3.41. The summed E-state index contributed by atoms with van der Waals surface area (Å²) in [6, 6.07) is 9.73. The summed E-state index contributed by atoms with van der Waals surface area (Å²) in [5.41, 5.74) is 3.75. The van der Waals surface area contributed by atoms with Crippen LogP contribution in [0.15, 0.2) is 54.2 Å². The normalized spacial score (nSPS) is 10.5. The first-order chi connectivity index (χ1) is 13.0. The molecule has 0 saturated heterocycles. The number of hydrazone groups is 1. The van der Waals surface area contributed by atoms with Crippen LogP contribution in [0.25, 0.3) is 0 Å². The van der Waals surface area contributed by atoms with Crippen LogP contribution in [0.3, 0.4) is 0 Å². The summed E-state index contributed by atoms with van der Waals surface area (Å²) in [6.45, 7) is 4.12. The van der Waals surface area contributed by atoms with E-state index >= 15 is 0 Å². The van der Waals surface area contributed by atoms with Crippen molar-refractivity contribution in [1.82, 2.24) is 10.7 Å². The Hall–Kier alpha value is -2.64. The van der Waals surface area contributed by atoms with E-state index in [1.807, 2.05) is 0 Å². The molecule has 0 amide bonds. The molecule has 0 fully saturated rings. The minimum Gasteiger partial charge on any atom is -0.493 e. The van der Waals surface area contributed by atoms with Gasteiger partial charge in [0.05, 0.1) is 18.3 Å². The molecule has 0 aliphatic carbocycles. The summed E-state index contributed by atoms with van der Waals surface area (Å²) in [6.07, 6.45) is 3.28. The predicted octanol–water partition coefficient (Wildman–Crippen LogP) is 4.05. The van der Waals surface area contributed by atoms with Gasteiger partial charge in [-0.05, 0) is 48.1 Å². The van der Waals surface area contributed by atoms with E-state index in [9.17, 15) is 4.39 Å². The van der Waals surface area contributed by atoms with Gasteiger partial charge in [-0.2, -0.15) is 5.10 Å². The Kier molecular flexibility index (Phi) is 8.03. The number of benzene rings is 2. The minimum atomic E-state index is -0.419. The van der Waals surface area contributed by atoms with Crippen LogP contribution in [0.5, 0.6) is 11.5 Å². The monoisotopic (exact) mass is 407 g/mol. The number of thiocarbonyl (C=S) groups is 1. The lowest BCUT2D eigenvalue weighted by Gasteiger charge is -2.12. The lowest BCUT2D eigenvalue weighted by Crippen LogP contribution is -2.31. The maximum Gasteiger partial charge on any atom is 0.187 e. The Bertz CT molecular complexity index is 825. The van der Waals surface area contributed by atoms with Crippen LogP contribution in [0, 0.1) is 5.82 Å². The standard InChI is InChI=1S/C19H19ClFN3O2S/c1-3-9-22-19(27)24-23-11-13-7-8-17(18(10-13)25-2)26-12-14-15(20)5-4-6-16(14)21/h3-8,10-11H,1,9,12H2,2H3,(H2,22,24,27)/b23-11-. The zero-order chi connectivity index (χ0) is 19.6. The van der Waals surface area contributed by atoms with Gasteiger partial charge in [0, 0.05) is 12.1 Å². The average molecular weight is 408 g/mol. The predicted molar refractivity (Wildman–Crippen MR) is 110 cm³/mol. The molecule has 0 unspecified atom stereocenters. The molecular formula is C19H19ClFN3O2S. The first kappa shape index (κ1) is 20.7. The molecule has 0 aliphatic heterocycles. The maximum atomic E-state index is 13.8. The average Bonchev–Trinajstić information content (AvgIpc) is 2.66. The molecule has 0 heterocycles. The van der Waals surface area contributed by atoms with E-state index in [4.69, 9.17) is 33.3 Å². The zero-order valence-electron chi connectivity index (χ0n) is 14.7. The maximum absolute atomic E-state index is 13.8. The van der Waals surface area contributed by atoms with Gasteiger partial charge in [-0.25, -0.2) is 4.39 Å². The Labute approximate surface area is 167 Å². The van der Waals surface area contributed by atoms with Gasteiger partial charge in [-0.1, -0.05) is 23.7 Å². The number of methoxy groups -OCH3 is 1. The van der Waals surface area contributed by atoms with E-state index in [0.29, 0.717) is 28.2 Å². The summed E-state index contributed by atoms with van der Waals surface area (Å²) in [5.74, 6) is 0.529. The van der Waals surface area contributed by atoms with Gasteiger partial charge in [0.2, 0.25) is 0 Å². The molecule has 2 aromatic rings. The smallest absolute Gasteiger partial charge is 0.187 e. The summed E-state index contributed by atoms with van der Waals surface area (Å²) >= 11 is 11.0. The molecule has 0 aliphatic rings. The summed E-state index contributed by atoms with van der Waals surface area (Å²) in [4.78, 5) is 0. The van der Waals surface area contributed by atoms with Gasteiger partial charge in [0.1, 0.15) is 12.4 Å². The van der Waals surface area contributed by atoms with Crippen LogP contribution in [-0.2, 0) is 6.61 Å². The van der Waals surface area contributed by atoms with E-state index < -0.39 is 5.82 Å². The van der Waals surface area contributed by atoms with E-state index in [0.717, 1.165) is 5.56 Å². The molecule has 8 heteroatoms. The number of hydrogen-bond donors (Lipinski definition) is 2. The van der Waals surface area contributed by atoms with Crippen molar-refractivity contribution in [2.75, 3.05) is 13.7 Å². The van der Waals surface area contributed by atoms with Crippen LogP contribution in [0.1, 0.15) is 11.1 Å². The minimum absolute atomic E-state index is 0.0138. The fourth-order valence-electron chi connectivity index (χ4n) is 2.07. The number of ether oxygens (including phenoxy) is 2. The molecule has 0 radical (unpaired) electrons.